The van der Waals surface area contributed by atoms with E-state index in [1.807, 2.05) is 5.32 Å². The number of hydrogen-bond acceptors (Lipinski definition) is 15. The third-order valence-electron chi connectivity index (χ3n) is 5.22. The maximum absolute atomic E-state index is 13.0. The van der Waals surface area contributed by atoms with Crippen LogP contribution >= 0.6 is 11.3 Å². The average molecular weight is 622 g/mol. The SMILES string of the molecule is CC(C)(ON=C(C(=O)N[C@@H]1C(=O)N(S(=O)(=O)[O-])[C@H]1C(N)=O)c1csc(N)n1)C(=O)OCc1ccc([N+](=O)[O-])cc1.[Na+]. The average Bonchev–Trinajstić information content (AvgIpc) is 3.28. The largest absolute Gasteiger partial charge is 1.00 e. The maximum atomic E-state index is 13.0. The second-order valence-electron chi connectivity index (χ2n) is 8.50. The van der Waals surface area contributed by atoms with Crippen molar-refractivity contribution in [2.75, 3.05) is 5.73 Å². The van der Waals surface area contributed by atoms with Gasteiger partial charge in [-0.15, -0.1) is 11.3 Å². The monoisotopic (exact) mass is 621 g/mol. The van der Waals surface area contributed by atoms with Gasteiger partial charge in [-0.1, -0.05) is 5.16 Å². The van der Waals surface area contributed by atoms with E-state index in [9.17, 15) is 42.3 Å². The summed E-state index contributed by atoms with van der Waals surface area (Å²) in [5, 5.41) is 17.7. The molecule has 5 N–H and O–H groups in total. The Kier molecular flexibility index (Phi) is 10.5. The van der Waals surface area contributed by atoms with Crippen molar-refractivity contribution in [2.45, 2.75) is 38.1 Å². The van der Waals surface area contributed by atoms with E-state index in [1.54, 1.807) is 0 Å². The summed E-state index contributed by atoms with van der Waals surface area (Å²) in [6.45, 7) is 2.21. The molecule has 0 saturated carbocycles. The van der Waals surface area contributed by atoms with Gasteiger partial charge in [0.25, 0.3) is 17.5 Å². The number of nitrogens with one attached hydrogen (secondary N) is 1. The smallest absolute Gasteiger partial charge is 0.731 e. The number of anilines is 1. The summed E-state index contributed by atoms with van der Waals surface area (Å²) in [6.07, 6.45) is 0. The molecule has 1 aromatic carbocycles. The number of non-ortho nitro benzene ring substituents is 1. The molecule has 41 heavy (non-hydrogen) atoms. The molecule has 1 fully saturated rings. The molecule has 2 atom stereocenters. The number of nitrogens with two attached hydrogens (primary N) is 2. The van der Waals surface area contributed by atoms with E-state index in [0.29, 0.717) is 5.56 Å². The van der Waals surface area contributed by atoms with Crippen LogP contribution in [0.5, 0.6) is 0 Å². The molecular formula is C20H20N7NaO11S2. The van der Waals surface area contributed by atoms with Crippen molar-refractivity contribution < 1.29 is 76.2 Å². The molecule has 2 aromatic rings. The minimum absolute atomic E-state index is 0. The summed E-state index contributed by atoms with van der Waals surface area (Å²) >= 11 is 0.893. The Morgan fingerprint density at radius 1 is 1.27 bits per heavy atom. The third kappa shape index (κ3) is 7.74. The molecule has 0 radical (unpaired) electrons. The van der Waals surface area contributed by atoms with E-state index in [0.717, 1.165) is 11.3 Å². The molecule has 214 valence electrons. The molecule has 18 nitrogen and oxygen atoms in total. The predicted molar refractivity (Wildman–Crippen MR) is 133 cm³/mol. The number of hydrogen-bond donors (Lipinski definition) is 3. The molecule has 0 unspecified atom stereocenters. The first-order valence-corrected chi connectivity index (χ1v) is 13.0. The topological polar surface area (TPSA) is 280 Å². The summed E-state index contributed by atoms with van der Waals surface area (Å²) in [5.74, 6) is -4.96. The van der Waals surface area contributed by atoms with E-state index in [2.05, 4.69) is 10.1 Å². The van der Waals surface area contributed by atoms with E-state index in [-0.39, 0.29) is 57.0 Å². The van der Waals surface area contributed by atoms with Gasteiger partial charge in [-0.05, 0) is 31.5 Å². The van der Waals surface area contributed by atoms with Gasteiger partial charge in [0, 0.05) is 17.5 Å². The molecule has 0 bridgehead atoms. The van der Waals surface area contributed by atoms with Crippen molar-refractivity contribution in [1.82, 2.24) is 14.6 Å². The van der Waals surface area contributed by atoms with Crippen LogP contribution in [0.2, 0.25) is 0 Å². The fraction of sp³-hybridized carbons (Fsp3) is 0.300. The summed E-state index contributed by atoms with van der Waals surface area (Å²) in [6, 6.07) is 1.39. The van der Waals surface area contributed by atoms with Crippen molar-refractivity contribution in [3.63, 3.8) is 0 Å². The Balaban J connectivity index is 0.00000588. The number of nitro benzene ring substituents is 1. The quantitative estimate of drug-likeness (QED) is 0.0406. The van der Waals surface area contributed by atoms with E-state index in [1.165, 1.54) is 43.5 Å². The maximum Gasteiger partial charge on any atom is 1.00 e. The van der Waals surface area contributed by atoms with Crippen LogP contribution in [-0.4, -0.2) is 74.3 Å². The molecule has 0 aliphatic carbocycles. The second kappa shape index (κ2) is 12.9. The number of β-lactam (4-membered cyclic amide) rings is 1. The minimum atomic E-state index is -5.40. The number of benzene rings is 1. The Morgan fingerprint density at radius 3 is 2.37 bits per heavy atom. The molecule has 21 heteroatoms. The van der Waals surface area contributed by atoms with Gasteiger partial charge in [-0.2, -0.15) is 0 Å². The van der Waals surface area contributed by atoms with Gasteiger partial charge in [-0.25, -0.2) is 22.5 Å². The molecule has 0 spiro atoms. The van der Waals surface area contributed by atoms with Gasteiger partial charge < -0.3 is 30.9 Å². The number of rotatable bonds is 11. The van der Waals surface area contributed by atoms with Crippen LogP contribution < -0.4 is 46.3 Å². The summed E-state index contributed by atoms with van der Waals surface area (Å²) in [7, 11) is -5.40. The molecule has 1 aromatic heterocycles. The molecule has 2 heterocycles. The number of primary amides is 1. The Morgan fingerprint density at radius 2 is 1.88 bits per heavy atom. The fourth-order valence-corrected chi connectivity index (χ4v) is 4.56. The fourth-order valence-electron chi connectivity index (χ4n) is 3.18. The van der Waals surface area contributed by atoms with Gasteiger partial charge in [0.1, 0.15) is 18.3 Å². The predicted octanol–water partition coefficient (Wildman–Crippen LogP) is -4.48. The number of oxime groups is 1. The van der Waals surface area contributed by atoms with Crippen LogP contribution in [-0.2, 0) is 45.7 Å². The number of esters is 1. The Bertz CT molecular complexity index is 1510. The van der Waals surface area contributed by atoms with Crippen LogP contribution in [0, 0.1) is 10.1 Å². The second-order valence-corrected chi connectivity index (χ2v) is 10.6. The van der Waals surface area contributed by atoms with E-state index < -0.39 is 62.3 Å². The number of nitrogen functional groups attached to an aromatic ring is 1. The summed E-state index contributed by atoms with van der Waals surface area (Å²) in [5.41, 5.74) is 8.34. The standard InChI is InChI=1S/C20H21N7O11S2.Na/c1-20(2,18(31)37-7-9-3-5-10(6-4-9)27(32)33)38-25-12(11-8-39-19(22)23-11)16(29)24-13-14(15(21)28)26(17(13)30)40(34,35)36;/h3-6,8,13-14H,7H2,1-2H3,(H2,21,28)(H2,22,23)(H,24,29)(H,34,35,36);/q;+1/p-1/t13-,14+;/m0./s1. The van der Waals surface area contributed by atoms with Crippen LogP contribution in [0.4, 0.5) is 10.8 Å². The Hall–Kier alpha value is -3.69. The molecule has 3 rings (SSSR count). The number of ether oxygens (including phenoxy) is 1. The molecule has 1 aliphatic rings. The van der Waals surface area contributed by atoms with Crippen LogP contribution in [0.1, 0.15) is 25.1 Å². The number of carbonyl (C=O) groups is 4. The van der Waals surface area contributed by atoms with Crippen molar-refractivity contribution >= 4 is 61.9 Å². The first kappa shape index (κ1) is 33.5. The minimum Gasteiger partial charge on any atom is -0.731 e. The first-order chi connectivity index (χ1) is 18.5. The number of aromatic nitrogens is 1. The number of amides is 3. The van der Waals surface area contributed by atoms with Crippen molar-refractivity contribution in [3.8, 4) is 0 Å². The van der Waals surface area contributed by atoms with Crippen LogP contribution in [0.15, 0.2) is 34.8 Å². The summed E-state index contributed by atoms with van der Waals surface area (Å²) in [4.78, 5) is 68.8. The zero-order valence-corrected chi connectivity index (χ0v) is 25.1. The summed E-state index contributed by atoms with van der Waals surface area (Å²) < 4.78 is 38.7. The molecular weight excluding hydrogens is 601 g/mol. The van der Waals surface area contributed by atoms with Crippen molar-refractivity contribution in [1.29, 1.82) is 0 Å². The first-order valence-electron chi connectivity index (χ1n) is 10.8. The number of nitrogens with zero attached hydrogens (tertiary/aromatic N) is 4. The molecule has 3 amide bonds. The van der Waals surface area contributed by atoms with E-state index in [4.69, 9.17) is 21.0 Å². The number of nitro groups is 1. The van der Waals surface area contributed by atoms with Crippen molar-refractivity contribution in [3.05, 3.63) is 51.0 Å². The third-order valence-corrected chi connectivity index (χ3v) is 6.79. The number of thiazole rings is 1. The van der Waals surface area contributed by atoms with Crippen LogP contribution in [0.25, 0.3) is 0 Å². The molecule has 1 saturated heterocycles. The van der Waals surface area contributed by atoms with Gasteiger partial charge in [0.15, 0.2) is 27.2 Å². The molecule has 1 aliphatic heterocycles. The zero-order chi connectivity index (χ0) is 30.0. The van der Waals surface area contributed by atoms with Crippen molar-refractivity contribution in [2.24, 2.45) is 10.9 Å². The number of carbonyl (C=O) groups excluding carboxylic acids is 4. The van der Waals surface area contributed by atoms with Gasteiger partial charge in [-0.3, -0.25) is 24.5 Å². The van der Waals surface area contributed by atoms with Gasteiger partial charge in [0.05, 0.1) is 4.92 Å². The van der Waals surface area contributed by atoms with Gasteiger partial charge in [0.2, 0.25) is 11.5 Å². The zero-order valence-electron chi connectivity index (χ0n) is 21.5. The normalized spacial score (nSPS) is 17.1. The van der Waals surface area contributed by atoms with Gasteiger partial charge >= 0.3 is 35.5 Å². The Labute approximate surface area is 257 Å². The van der Waals surface area contributed by atoms with Crippen LogP contribution in [0.3, 0.4) is 0 Å². The van der Waals surface area contributed by atoms with E-state index >= 15 is 0 Å².